The molecule has 3 rings (SSSR count). The maximum Gasteiger partial charge on any atom is 0.255 e. The Morgan fingerprint density at radius 3 is 2.86 bits per heavy atom. The number of nitrogens with zero attached hydrogens (tertiary/aromatic N) is 1. The van der Waals surface area contributed by atoms with Gasteiger partial charge in [-0.05, 0) is 42.8 Å². The van der Waals surface area contributed by atoms with E-state index in [0.29, 0.717) is 5.75 Å². The van der Waals surface area contributed by atoms with Crippen LogP contribution in [0.1, 0.15) is 12.5 Å². The average molecular weight is 404 g/mol. The summed E-state index contributed by atoms with van der Waals surface area (Å²) in [5.41, 5.74) is 1.17. The topological polar surface area (TPSA) is 60.5 Å². The van der Waals surface area contributed by atoms with Crippen molar-refractivity contribution in [2.24, 2.45) is 0 Å². The van der Waals surface area contributed by atoms with Gasteiger partial charge in [0.05, 0.1) is 19.4 Å². The number of nitrogens with one attached hydrogen (secondary N) is 1. The number of ether oxygens (including phenoxy) is 2. The summed E-state index contributed by atoms with van der Waals surface area (Å²) in [5, 5.41) is 4.46. The van der Waals surface area contributed by atoms with Gasteiger partial charge < -0.3 is 9.47 Å². The maximum atomic E-state index is 13.9. The van der Waals surface area contributed by atoms with Crippen LogP contribution in [-0.4, -0.2) is 24.1 Å². The second kappa shape index (κ2) is 8.90. The molecular weight excluding hydrogens is 386 g/mol. The van der Waals surface area contributed by atoms with Crippen LogP contribution >= 0.6 is 11.3 Å². The highest BCUT2D eigenvalue weighted by atomic mass is 32.1. The molecule has 0 aliphatic rings. The molecule has 0 spiro atoms. The summed E-state index contributed by atoms with van der Waals surface area (Å²) in [7, 11) is 1.58. The number of carbonyl (C=O) groups is 1. The minimum atomic E-state index is -0.732. The summed E-state index contributed by atoms with van der Waals surface area (Å²) >= 11 is 1.12. The van der Waals surface area contributed by atoms with Crippen molar-refractivity contribution in [2.75, 3.05) is 12.4 Å². The van der Waals surface area contributed by atoms with E-state index in [-0.39, 0.29) is 28.9 Å². The van der Waals surface area contributed by atoms with Gasteiger partial charge in [-0.2, -0.15) is 0 Å². The average Bonchev–Trinajstić information content (AvgIpc) is 3.16. The standard InChI is InChI=1S/C20H18F2N2O3S/c1-12(27-10-13-4-3-5-15(8-13)26-2)19(25)24-20-23-18(11-28-20)16-9-14(21)6-7-17(16)22/h3-9,11-12H,10H2,1-2H3,(H,23,24,25). The molecule has 0 aliphatic carbocycles. The van der Waals surface area contributed by atoms with Gasteiger partial charge in [0.15, 0.2) is 5.13 Å². The van der Waals surface area contributed by atoms with Crippen molar-refractivity contribution in [3.63, 3.8) is 0 Å². The van der Waals surface area contributed by atoms with Crippen LogP contribution in [-0.2, 0) is 16.1 Å². The highest BCUT2D eigenvalue weighted by Crippen LogP contribution is 2.27. The third-order valence-electron chi connectivity index (χ3n) is 3.94. The van der Waals surface area contributed by atoms with Gasteiger partial charge in [-0.15, -0.1) is 11.3 Å². The van der Waals surface area contributed by atoms with Gasteiger partial charge in [-0.25, -0.2) is 13.8 Å². The molecule has 5 nitrogen and oxygen atoms in total. The molecule has 1 unspecified atom stereocenters. The van der Waals surface area contributed by atoms with E-state index in [9.17, 15) is 13.6 Å². The fourth-order valence-electron chi connectivity index (χ4n) is 2.41. The van der Waals surface area contributed by atoms with Gasteiger partial charge in [-0.1, -0.05) is 12.1 Å². The van der Waals surface area contributed by atoms with Crippen molar-refractivity contribution < 1.29 is 23.0 Å². The minimum absolute atomic E-state index is 0.0408. The van der Waals surface area contributed by atoms with Crippen LogP contribution in [0.25, 0.3) is 11.3 Å². The quantitative estimate of drug-likeness (QED) is 0.623. The van der Waals surface area contributed by atoms with Crippen molar-refractivity contribution in [1.29, 1.82) is 0 Å². The zero-order chi connectivity index (χ0) is 20.1. The number of carbonyl (C=O) groups excluding carboxylic acids is 1. The molecule has 1 amide bonds. The first-order valence-electron chi connectivity index (χ1n) is 8.42. The number of thiazole rings is 1. The molecule has 146 valence electrons. The lowest BCUT2D eigenvalue weighted by Crippen LogP contribution is -2.27. The van der Waals surface area contributed by atoms with Crippen molar-refractivity contribution in [3.05, 3.63) is 65.0 Å². The van der Waals surface area contributed by atoms with Gasteiger partial charge in [0.2, 0.25) is 0 Å². The molecule has 1 heterocycles. The largest absolute Gasteiger partial charge is 0.497 e. The number of aromatic nitrogens is 1. The van der Waals surface area contributed by atoms with Crippen LogP contribution in [0.4, 0.5) is 13.9 Å². The number of amides is 1. The van der Waals surface area contributed by atoms with Gasteiger partial charge in [0, 0.05) is 10.9 Å². The first-order valence-corrected chi connectivity index (χ1v) is 9.30. The van der Waals surface area contributed by atoms with Crippen LogP contribution in [0.3, 0.4) is 0 Å². The Morgan fingerprint density at radius 2 is 2.07 bits per heavy atom. The smallest absolute Gasteiger partial charge is 0.255 e. The normalized spacial score (nSPS) is 11.9. The number of hydrogen-bond donors (Lipinski definition) is 1. The molecule has 0 fully saturated rings. The maximum absolute atomic E-state index is 13.9. The lowest BCUT2D eigenvalue weighted by Gasteiger charge is -2.12. The molecule has 0 saturated carbocycles. The number of methoxy groups -OCH3 is 1. The SMILES string of the molecule is COc1cccc(COC(C)C(=O)Nc2nc(-c3cc(F)ccc3F)cs2)c1. The highest BCUT2D eigenvalue weighted by Gasteiger charge is 2.17. The van der Waals surface area contributed by atoms with Crippen molar-refractivity contribution in [1.82, 2.24) is 4.98 Å². The molecule has 0 saturated heterocycles. The van der Waals surface area contributed by atoms with Gasteiger partial charge >= 0.3 is 0 Å². The predicted octanol–water partition coefficient (Wildman–Crippen LogP) is 4.64. The molecule has 28 heavy (non-hydrogen) atoms. The highest BCUT2D eigenvalue weighted by molar-refractivity contribution is 7.14. The van der Waals surface area contributed by atoms with E-state index in [1.54, 1.807) is 19.4 Å². The van der Waals surface area contributed by atoms with E-state index >= 15 is 0 Å². The Morgan fingerprint density at radius 1 is 1.25 bits per heavy atom. The van der Waals surface area contributed by atoms with Crippen LogP contribution in [0, 0.1) is 11.6 Å². The van der Waals surface area contributed by atoms with E-state index in [2.05, 4.69) is 10.3 Å². The molecule has 0 aliphatic heterocycles. The lowest BCUT2D eigenvalue weighted by molar-refractivity contribution is -0.127. The van der Waals surface area contributed by atoms with E-state index in [1.165, 1.54) is 0 Å². The fraction of sp³-hybridized carbons (Fsp3) is 0.200. The van der Waals surface area contributed by atoms with E-state index in [0.717, 1.165) is 35.1 Å². The Labute approximate surface area is 164 Å². The summed E-state index contributed by atoms with van der Waals surface area (Å²) in [6.07, 6.45) is -0.732. The number of anilines is 1. The summed E-state index contributed by atoms with van der Waals surface area (Å²) < 4.78 is 37.9. The predicted molar refractivity (Wildman–Crippen MR) is 103 cm³/mol. The first kappa shape index (κ1) is 19.9. The molecule has 0 bridgehead atoms. The summed E-state index contributed by atoms with van der Waals surface area (Å²) in [6, 6.07) is 10.5. The van der Waals surface area contributed by atoms with Crippen molar-refractivity contribution in [3.8, 4) is 17.0 Å². The molecule has 1 atom stereocenters. The molecule has 1 N–H and O–H groups in total. The zero-order valence-electron chi connectivity index (χ0n) is 15.2. The number of halogens is 2. The van der Waals surface area contributed by atoms with Gasteiger partial charge in [0.25, 0.3) is 5.91 Å². The molecule has 3 aromatic rings. The Balaban J connectivity index is 1.60. The number of rotatable bonds is 7. The number of benzene rings is 2. The summed E-state index contributed by atoms with van der Waals surface area (Å²) in [4.78, 5) is 16.4. The van der Waals surface area contributed by atoms with Crippen LogP contribution in [0.15, 0.2) is 47.8 Å². The second-order valence-corrected chi connectivity index (χ2v) is 6.81. The Bertz CT molecular complexity index is 978. The molecule has 1 aromatic heterocycles. The first-order chi connectivity index (χ1) is 13.5. The fourth-order valence-corrected chi connectivity index (χ4v) is 3.13. The zero-order valence-corrected chi connectivity index (χ0v) is 16.1. The van der Waals surface area contributed by atoms with Gasteiger partial charge in [0.1, 0.15) is 23.5 Å². The summed E-state index contributed by atoms with van der Waals surface area (Å²) in [5.74, 6) is -0.823. The summed E-state index contributed by atoms with van der Waals surface area (Å²) in [6.45, 7) is 1.86. The minimum Gasteiger partial charge on any atom is -0.497 e. The molecule has 0 radical (unpaired) electrons. The van der Waals surface area contributed by atoms with E-state index < -0.39 is 17.7 Å². The van der Waals surface area contributed by atoms with Crippen LogP contribution < -0.4 is 10.1 Å². The second-order valence-electron chi connectivity index (χ2n) is 5.96. The molecule has 2 aromatic carbocycles. The van der Waals surface area contributed by atoms with Gasteiger partial charge in [-0.3, -0.25) is 10.1 Å². The van der Waals surface area contributed by atoms with Crippen molar-refractivity contribution >= 4 is 22.4 Å². The molecule has 8 heteroatoms. The Kier molecular flexibility index (Phi) is 6.33. The Hall–Kier alpha value is -2.84. The molecular formula is C20H18F2N2O3S. The van der Waals surface area contributed by atoms with Crippen LogP contribution in [0.2, 0.25) is 0 Å². The van der Waals surface area contributed by atoms with Crippen molar-refractivity contribution in [2.45, 2.75) is 19.6 Å². The third kappa shape index (κ3) is 4.90. The number of hydrogen-bond acceptors (Lipinski definition) is 5. The van der Waals surface area contributed by atoms with E-state index in [4.69, 9.17) is 9.47 Å². The monoisotopic (exact) mass is 404 g/mol. The lowest BCUT2D eigenvalue weighted by atomic mass is 10.1. The van der Waals surface area contributed by atoms with E-state index in [1.807, 2.05) is 24.3 Å². The van der Waals surface area contributed by atoms with Crippen LogP contribution in [0.5, 0.6) is 5.75 Å². The third-order valence-corrected chi connectivity index (χ3v) is 4.70.